The van der Waals surface area contributed by atoms with Gasteiger partial charge in [-0.15, -0.1) is 0 Å². The molecule has 0 aromatic heterocycles. The lowest BCUT2D eigenvalue weighted by molar-refractivity contribution is -0.121. The number of carbonyl (C=O) groups excluding carboxylic acids is 1. The van der Waals surface area contributed by atoms with Crippen molar-refractivity contribution in [1.82, 2.24) is 10.0 Å². The average Bonchev–Trinajstić information content (AvgIpc) is 2.83. The van der Waals surface area contributed by atoms with Gasteiger partial charge in [0.1, 0.15) is 5.82 Å². The molecule has 8 nitrogen and oxygen atoms in total. The number of amides is 1. The molecule has 180 valence electrons. The summed E-state index contributed by atoms with van der Waals surface area (Å²) in [6, 6.07) is 10.6. The molecule has 1 amide bonds. The molecule has 2 aromatic carbocycles. The van der Waals surface area contributed by atoms with E-state index in [9.17, 15) is 17.6 Å². The molecule has 1 saturated heterocycles. The third-order valence-electron chi connectivity index (χ3n) is 5.84. The van der Waals surface area contributed by atoms with Crippen LogP contribution in [0.5, 0.6) is 11.5 Å². The third-order valence-corrected chi connectivity index (χ3v) is 7.30. The highest BCUT2D eigenvalue weighted by atomic mass is 32.2. The summed E-state index contributed by atoms with van der Waals surface area (Å²) in [5.74, 6) is 0.115. The fraction of sp³-hybridized carbons (Fsp3) is 0.435. The van der Waals surface area contributed by atoms with Crippen molar-refractivity contribution in [3.8, 4) is 11.5 Å². The Morgan fingerprint density at radius 3 is 2.36 bits per heavy atom. The van der Waals surface area contributed by atoms with Crippen molar-refractivity contribution >= 4 is 15.9 Å². The minimum atomic E-state index is -3.83. The number of hydrogen-bond donors (Lipinski definition) is 2. The zero-order valence-corrected chi connectivity index (χ0v) is 19.5. The van der Waals surface area contributed by atoms with E-state index in [1.165, 1.54) is 44.6 Å². The van der Waals surface area contributed by atoms with Crippen molar-refractivity contribution in [3.05, 3.63) is 53.8 Å². The van der Waals surface area contributed by atoms with E-state index in [2.05, 4.69) is 10.0 Å². The van der Waals surface area contributed by atoms with Gasteiger partial charge in [-0.25, -0.2) is 17.5 Å². The summed E-state index contributed by atoms with van der Waals surface area (Å²) in [5.41, 5.74) is 0.600. The number of nitrogens with one attached hydrogen (secondary N) is 2. The van der Waals surface area contributed by atoms with Gasteiger partial charge in [-0.3, -0.25) is 4.79 Å². The number of rotatable bonds is 10. The van der Waals surface area contributed by atoms with Gasteiger partial charge in [0.2, 0.25) is 15.9 Å². The molecule has 0 aliphatic carbocycles. The van der Waals surface area contributed by atoms with Gasteiger partial charge in [0.05, 0.1) is 19.1 Å². The molecule has 0 spiro atoms. The van der Waals surface area contributed by atoms with Crippen molar-refractivity contribution in [2.75, 3.05) is 40.5 Å². The summed E-state index contributed by atoms with van der Waals surface area (Å²) in [6.07, 6.45) is 1.37. The lowest BCUT2D eigenvalue weighted by Gasteiger charge is -2.38. The number of methoxy groups -OCH3 is 2. The molecule has 0 atom stereocenters. The molecular weight excluding hydrogens is 451 g/mol. The summed E-state index contributed by atoms with van der Waals surface area (Å²) in [5, 5.41) is 2.91. The second-order valence-corrected chi connectivity index (χ2v) is 9.61. The van der Waals surface area contributed by atoms with Gasteiger partial charge in [-0.2, -0.15) is 0 Å². The molecule has 3 rings (SSSR count). The van der Waals surface area contributed by atoms with Gasteiger partial charge in [-0.05, 0) is 42.7 Å². The molecule has 0 unspecified atom stereocenters. The third kappa shape index (κ3) is 6.21. The van der Waals surface area contributed by atoms with Crippen LogP contribution in [0.15, 0.2) is 47.4 Å². The number of halogens is 1. The zero-order valence-electron chi connectivity index (χ0n) is 18.7. The normalized spacial score (nSPS) is 15.6. The quantitative estimate of drug-likeness (QED) is 0.541. The Kier molecular flexibility index (Phi) is 8.28. The smallest absolute Gasteiger partial charge is 0.240 e. The molecule has 1 heterocycles. The van der Waals surface area contributed by atoms with Crippen LogP contribution in [0.1, 0.15) is 24.8 Å². The topological polar surface area (TPSA) is 103 Å². The standard InChI is InChI=1S/C23H29FN2O6S/c1-30-20-8-7-19(15-21(20)31-2)33(28,29)26-12-9-22(27)25-16-23(10-13-32-14-11-23)17-3-5-18(24)6-4-17/h3-8,15,26H,9-14,16H2,1-2H3,(H,25,27). The molecule has 0 radical (unpaired) electrons. The van der Waals surface area contributed by atoms with E-state index in [0.29, 0.717) is 44.1 Å². The van der Waals surface area contributed by atoms with Crippen molar-refractivity contribution in [2.24, 2.45) is 0 Å². The van der Waals surface area contributed by atoms with Crippen LogP contribution in [-0.2, 0) is 25.0 Å². The van der Waals surface area contributed by atoms with Crippen LogP contribution in [0.25, 0.3) is 0 Å². The first-order valence-electron chi connectivity index (χ1n) is 10.6. The maximum atomic E-state index is 13.4. The SMILES string of the molecule is COc1ccc(S(=O)(=O)NCCC(=O)NCC2(c3ccc(F)cc3)CCOCC2)cc1OC. The van der Waals surface area contributed by atoms with Crippen molar-refractivity contribution in [1.29, 1.82) is 0 Å². The van der Waals surface area contributed by atoms with E-state index < -0.39 is 10.0 Å². The molecule has 0 saturated carbocycles. The lowest BCUT2D eigenvalue weighted by Crippen LogP contribution is -2.45. The maximum Gasteiger partial charge on any atom is 0.240 e. The molecule has 2 aromatic rings. The number of carbonyl (C=O) groups is 1. The fourth-order valence-corrected chi connectivity index (χ4v) is 4.90. The number of sulfonamides is 1. The first-order valence-corrected chi connectivity index (χ1v) is 12.1. The van der Waals surface area contributed by atoms with E-state index in [1.54, 1.807) is 12.1 Å². The predicted octanol–water partition coefficient (Wildman–Crippen LogP) is 2.38. The molecule has 1 aliphatic rings. The Morgan fingerprint density at radius 2 is 1.73 bits per heavy atom. The van der Waals surface area contributed by atoms with E-state index in [1.807, 2.05) is 0 Å². The number of hydrogen-bond acceptors (Lipinski definition) is 6. The van der Waals surface area contributed by atoms with Crippen LogP contribution < -0.4 is 19.5 Å². The average molecular weight is 481 g/mol. The Balaban J connectivity index is 1.56. The summed E-state index contributed by atoms with van der Waals surface area (Å²) in [6.45, 7) is 1.41. The van der Waals surface area contributed by atoms with Crippen molar-refractivity contribution in [2.45, 2.75) is 29.6 Å². The first-order chi connectivity index (χ1) is 15.8. The highest BCUT2D eigenvalue weighted by Gasteiger charge is 2.34. The highest BCUT2D eigenvalue weighted by molar-refractivity contribution is 7.89. The van der Waals surface area contributed by atoms with Crippen LogP contribution in [0.2, 0.25) is 0 Å². The van der Waals surface area contributed by atoms with Gasteiger partial charge in [0, 0.05) is 44.2 Å². The fourth-order valence-electron chi connectivity index (χ4n) is 3.86. The minimum absolute atomic E-state index is 0.0121. The van der Waals surface area contributed by atoms with Crippen molar-refractivity contribution in [3.63, 3.8) is 0 Å². The Hall–Kier alpha value is -2.69. The van der Waals surface area contributed by atoms with E-state index >= 15 is 0 Å². The van der Waals surface area contributed by atoms with Crippen LogP contribution >= 0.6 is 0 Å². The van der Waals surface area contributed by atoms with Gasteiger partial charge in [-0.1, -0.05) is 12.1 Å². The molecule has 0 bridgehead atoms. The molecule has 2 N–H and O–H groups in total. The maximum absolute atomic E-state index is 13.4. The summed E-state index contributed by atoms with van der Waals surface area (Å²) in [4.78, 5) is 12.5. The minimum Gasteiger partial charge on any atom is -0.493 e. The summed E-state index contributed by atoms with van der Waals surface area (Å²) >= 11 is 0. The second-order valence-electron chi connectivity index (χ2n) is 7.84. The monoisotopic (exact) mass is 480 g/mol. The highest BCUT2D eigenvalue weighted by Crippen LogP contribution is 2.34. The summed E-state index contributed by atoms with van der Waals surface area (Å²) in [7, 11) is -0.944. The predicted molar refractivity (Wildman–Crippen MR) is 120 cm³/mol. The van der Waals surface area contributed by atoms with Crippen LogP contribution in [-0.4, -0.2) is 54.8 Å². The zero-order chi connectivity index (χ0) is 23.9. The van der Waals surface area contributed by atoms with Gasteiger partial charge in [0.25, 0.3) is 0 Å². The molecule has 1 fully saturated rings. The largest absolute Gasteiger partial charge is 0.493 e. The Labute approximate surface area is 193 Å². The molecule has 1 aliphatic heterocycles. The second kappa shape index (κ2) is 11.0. The summed E-state index contributed by atoms with van der Waals surface area (Å²) < 4.78 is 56.7. The lowest BCUT2D eigenvalue weighted by atomic mass is 9.74. The molecular formula is C23H29FN2O6S. The first kappa shape index (κ1) is 24.9. The van der Waals surface area contributed by atoms with Crippen molar-refractivity contribution < 1.29 is 31.8 Å². The van der Waals surface area contributed by atoms with Crippen LogP contribution in [0.3, 0.4) is 0 Å². The van der Waals surface area contributed by atoms with Gasteiger partial charge >= 0.3 is 0 Å². The molecule has 33 heavy (non-hydrogen) atoms. The van der Waals surface area contributed by atoms with Crippen LogP contribution in [0, 0.1) is 5.82 Å². The Bertz CT molecular complexity index is 1050. The number of benzene rings is 2. The van der Waals surface area contributed by atoms with E-state index in [-0.39, 0.29) is 35.0 Å². The Morgan fingerprint density at radius 1 is 1.06 bits per heavy atom. The van der Waals surface area contributed by atoms with E-state index in [0.717, 1.165) is 5.56 Å². The molecule has 10 heteroatoms. The van der Waals surface area contributed by atoms with E-state index in [4.69, 9.17) is 14.2 Å². The number of ether oxygens (including phenoxy) is 3. The van der Waals surface area contributed by atoms with Crippen LogP contribution in [0.4, 0.5) is 4.39 Å². The van der Waals surface area contributed by atoms with Gasteiger partial charge in [0.15, 0.2) is 11.5 Å². The van der Waals surface area contributed by atoms with Gasteiger partial charge < -0.3 is 19.5 Å².